The van der Waals surface area contributed by atoms with Crippen molar-refractivity contribution in [1.29, 1.82) is 0 Å². The monoisotopic (exact) mass is 487 g/mol. The first-order valence-electron chi connectivity index (χ1n) is 10.5. The van der Waals surface area contributed by atoms with Crippen molar-refractivity contribution in [3.8, 4) is 11.3 Å². The molecule has 0 radical (unpaired) electrons. The fourth-order valence-corrected chi connectivity index (χ4v) is 4.50. The molecule has 7 nitrogen and oxygen atoms in total. The van der Waals surface area contributed by atoms with Gasteiger partial charge in [-0.05, 0) is 38.0 Å². The Morgan fingerprint density at radius 3 is 2.76 bits per heavy atom. The molecule has 10 heteroatoms. The molecule has 0 amide bonds. The molecule has 1 aliphatic heterocycles. The van der Waals surface area contributed by atoms with Gasteiger partial charge in [0, 0.05) is 48.1 Å². The molecule has 0 unspecified atom stereocenters. The molecule has 0 saturated carbocycles. The Morgan fingerprint density at radius 2 is 2.03 bits per heavy atom. The molecule has 0 bridgehead atoms. The highest BCUT2D eigenvalue weighted by atomic mass is 35.5. The fraction of sp³-hybridized carbons (Fsp3) is 0.304. The summed E-state index contributed by atoms with van der Waals surface area (Å²) >= 11 is 12.2. The Morgan fingerprint density at radius 1 is 1.21 bits per heavy atom. The van der Waals surface area contributed by atoms with E-state index in [0.29, 0.717) is 30.8 Å². The summed E-state index contributed by atoms with van der Waals surface area (Å²) in [5, 5.41) is 4.52. The minimum Gasteiger partial charge on any atom is -0.373 e. The first kappa shape index (κ1) is 22.0. The Hall–Kier alpha value is -2.81. The first-order valence-corrected chi connectivity index (χ1v) is 11.2. The molecule has 4 heterocycles. The molecule has 0 spiro atoms. The van der Waals surface area contributed by atoms with Crippen LogP contribution in [0.1, 0.15) is 41.8 Å². The normalized spacial score (nSPS) is 18.7. The van der Waals surface area contributed by atoms with Crippen LogP contribution in [0.25, 0.3) is 16.9 Å². The molecule has 5 rings (SSSR count). The number of hydrogen-bond donors (Lipinski definition) is 0. The molecule has 0 aliphatic carbocycles. The molecule has 170 valence electrons. The number of fused-ring (bicyclic) bond motifs is 1. The summed E-state index contributed by atoms with van der Waals surface area (Å²) in [6, 6.07) is 4.34. The lowest BCUT2D eigenvalue weighted by molar-refractivity contribution is 0.00455. The first-order chi connectivity index (χ1) is 15.8. The van der Waals surface area contributed by atoms with Crippen molar-refractivity contribution in [3.63, 3.8) is 0 Å². The highest BCUT2D eigenvalue weighted by Crippen LogP contribution is 2.38. The van der Waals surface area contributed by atoms with Gasteiger partial charge in [-0.1, -0.05) is 23.2 Å². The van der Waals surface area contributed by atoms with Gasteiger partial charge in [0.05, 0.1) is 23.7 Å². The number of ether oxygens (including phenoxy) is 1. The van der Waals surface area contributed by atoms with Gasteiger partial charge >= 0.3 is 0 Å². The molecule has 33 heavy (non-hydrogen) atoms. The second-order valence-electron chi connectivity index (χ2n) is 8.18. The van der Waals surface area contributed by atoms with E-state index in [-0.39, 0.29) is 39.0 Å². The zero-order valence-corrected chi connectivity index (χ0v) is 19.4. The van der Waals surface area contributed by atoms with E-state index >= 15 is 0 Å². The van der Waals surface area contributed by atoms with Crippen molar-refractivity contribution >= 4 is 28.8 Å². The lowest BCUT2D eigenvalue weighted by Gasteiger charge is -2.29. The van der Waals surface area contributed by atoms with E-state index in [1.165, 1.54) is 10.5 Å². The van der Waals surface area contributed by atoms with Crippen LogP contribution >= 0.6 is 23.2 Å². The largest absolute Gasteiger partial charge is 0.373 e. The molecule has 4 aromatic rings. The Bertz CT molecular complexity index is 1430. The summed E-state index contributed by atoms with van der Waals surface area (Å²) in [7, 11) is 1.85. The Balaban J connectivity index is 1.67. The predicted molar refractivity (Wildman–Crippen MR) is 123 cm³/mol. The van der Waals surface area contributed by atoms with Crippen molar-refractivity contribution in [3.05, 3.63) is 80.0 Å². The average Bonchev–Trinajstić information content (AvgIpc) is 3.24. The maximum absolute atomic E-state index is 14.9. The van der Waals surface area contributed by atoms with Crippen LogP contribution in [0.3, 0.4) is 0 Å². The Kier molecular flexibility index (Phi) is 5.68. The van der Waals surface area contributed by atoms with Gasteiger partial charge in [0.1, 0.15) is 16.5 Å². The van der Waals surface area contributed by atoms with Crippen LogP contribution in [0.15, 0.2) is 41.6 Å². The summed E-state index contributed by atoms with van der Waals surface area (Å²) in [6.07, 6.45) is 6.57. The lowest BCUT2D eigenvalue weighted by Crippen LogP contribution is -2.23. The Labute approximate surface area is 198 Å². The van der Waals surface area contributed by atoms with E-state index in [2.05, 4.69) is 10.1 Å². The summed E-state index contributed by atoms with van der Waals surface area (Å²) in [5.41, 5.74) is 2.27. The minimum atomic E-state index is -0.545. The SMILES string of the molecule is Cc1nc2c(-c3ccc(Cl)cc3F)nc([C@H]3CCO[C@@H](c4cnn(C)c4)C3)cn2c(=O)c1Cl. The van der Waals surface area contributed by atoms with Crippen molar-refractivity contribution in [1.82, 2.24) is 24.1 Å². The van der Waals surface area contributed by atoms with Gasteiger partial charge in [-0.3, -0.25) is 13.9 Å². The number of aromatic nitrogens is 5. The zero-order chi connectivity index (χ0) is 23.3. The van der Waals surface area contributed by atoms with Crippen LogP contribution < -0.4 is 5.56 Å². The van der Waals surface area contributed by atoms with E-state index in [1.807, 2.05) is 13.2 Å². The summed E-state index contributed by atoms with van der Waals surface area (Å²) < 4.78 is 24.0. The quantitative estimate of drug-likeness (QED) is 0.411. The summed E-state index contributed by atoms with van der Waals surface area (Å²) in [6.45, 7) is 2.16. The average molecular weight is 488 g/mol. The summed E-state index contributed by atoms with van der Waals surface area (Å²) in [4.78, 5) is 22.3. The highest BCUT2D eigenvalue weighted by Gasteiger charge is 2.28. The maximum atomic E-state index is 14.9. The van der Waals surface area contributed by atoms with Gasteiger partial charge in [0.25, 0.3) is 5.56 Å². The number of hydrogen-bond acceptors (Lipinski definition) is 5. The van der Waals surface area contributed by atoms with Gasteiger partial charge in [-0.25, -0.2) is 14.4 Å². The molecule has 1 fully saturated rings. The third-order valence-electron chi connectivity index (χ3n) is 5.93. The maximum Gasteiger partial charge on any atom is 0.277 e. The predicted octanol–water partition coefficient (Wildman–Crippen LogP) is 4.88. The third kappa shape index (κ3) is 4.03. The second-order valence-corrected chi connectivity index (χ2v) is 8.99. The molecule has 2 atom stereocenters. The topological polar surface area (TPSA) is 74.3 Å². The van der Waals surface area contributed by atoms with Gasteiger partial charge < -0.3 is 4.74 Å². The standard InChI is InChI=1S/C23H20Cl2FN5O2/c1-12-20(25)23(32)31-11-18(13-5-6-33-19(7-13)14-9-27-30(2)10-14)29-21(22(31)28-12)16-4-3-15(24)8-17(16)26/h3-4,8-11,13,19H,5-7H2,1-2H3/t13-,19+/m0/s1. The smallest absolute Gasteiger partial charge is 0.277 e. The van der Waals surface area contributed by atoms with Gasteiger partial charge in [0.2, 0.25) is 0 Å². The van der Waals surface area contributed by atoms with E-state index < -0.39 is 11.4 Å². The number of nitrogens with zero attached hydrogens (tertiary/aromatic N) is 5. The zero-order valence-electron chi connectivity index (χ0n) is 17.9. The molecule has 1 aliphatic rings. The van der Waals surface area contributed by atoms with Crippen molar-refractivity contribution in [2.45, 2.75) is 31.8 Å². The fourth-order valence-electron chi connectivity index (χ4n) is 4.21. The van der Waals surface area contributed by atoms with Crippen LogP contribution in [0.4, 0.5) is 4.39 Å². The van der Waals surface area contributed by atoms with Crippen LogP contribution in [0.5, 0.6) is 0 Å². The van der Waals surface area contributed by atoms with Crippen LogP contribution in [0.2, 0.25) is 10.0 Å². The molecule has 1 saturated heterocycles. The minimum absolute atomic E-state index is 0.0190. The van der Waals surface area contributed by atoms with E-state index in [0.717, 1.165) is 5.56 Å². The number of halogens is 3. The summed E-state index contributed by atoms with van der Waals surface area (Å²) in [5.74, 6) is -0.564. The van der Waals surface area contributed by atoms with E-state index in [1.54, 1.807) is 36.1 Å². The van der Waals surface area contributed by atoms with E-state index in [4.69, 9.17) is 32.9 Å². The molecule has 3 aromatic heterocycles. The number of benzene rings is 1. The van der Waals surface area contributed by atoms with Gasteiger partial charge in [0.15, 0.2) is 5.65 Å². The molecule has 0 N–H and O–H groups in total. The molecular weight excluding hydrogens is 468 g/mol. The van der Waals surface area contributed by atoms with Crippen LogP contribution in [-0.2, 0) is 11.8 Å². The third-order valence-corrected chi connectivity index (χ3v) is 6.60. The number of aryl methyl sites for hydroxylation is 2. The van der Waals surface area contributed by atoms with Gasteiger partial charge in [-0.2, -0.15) is 5.10 Å². The molecular formula is C23H20Cl2FN5O2. The lowest BCUT2D eigenvalue weighted by atomic mass is 9.90. The van der Waals surface area contributed by atoms with Crippen molar-refractivity contribution < 1.29 is 9.13 Å². The van der Waals surface area contributed by atoms with Crippen molar-refractivity contribution in [2.24, 2.45) is 7.05 Å². The molecule has 1 aromatic carbocycles. The highest BCUT2D eigenvalue weighted by molar-refractivity contribution is 6.31. The van der Waals surface area contributed by atoms with Gasteiger partial charge in [-0.15, -0.1) is 0 Å². The van der Waals surface area contributed by atoms with Crippen LogP contribution in [-0.4, -0.2) is 30.8 Å². The van der Waals surface area contributed by atoms with Crippen molar-refractivity contribution in [2.75, 3.05) is 6.61 Å². The van der Waals surface area contributed by atoms with Crippen LogP contribution in [0, 0.1) is 12.7 Å². The van der Waals surface area contributed by atoms with E-state index in [9.17, 15) is 9.18 Å². The number of rotatable bonds is 3. The second kappa shape index (κ2) is 8.52.